The van der Waals surface area contributed by atoms with Gasteiger partial charge in [-0.05, 0) is 19.8 Å². The highest BCUT2D eigenvalue weighted by Crippen LogP contribution is 1.98. The molecule has 0 bridgehead atoms. The minimum absolute atomic E-state index is 1.00. The van der Waals surface area contributed by atoms with Crippen molar-refractivity contribution in [2.24, 2.45) is 0 Å². The Bertz CT molecular complexity index is 93.7. The summed E-state index contributed by atoms with van der Waals surface area (Å²) in [5, 5.41) is 0. The maximum Gasteiger partial charge on any atom is 0.0466 e. The summed E-state index contributed by atoms with van der Waals surface area (Å²) in [4.78, 5) is 0. The lowest BCUT2D eigenvalue weighted by molar-refractivity contribution is 0.198. The molecule has 1 aliphatic heterocycles. The van der Waals surface area contributed by atoms with Gasteiger partial charge < -0.3 is 4.74 Å². The summed E-state index contributed by atoms with van der Waals surface area (Å²) in [6, 6.07) is 0. The van der Waals surface area contributed by atoms with Crippen LogP contribution in [0.1, 0.15) is 19.8 Å². The van der Waals surface area contributed by atoms with Gasteiger partial charge in [0, 0.05) is 13.2 Å². The van der Waals surface area contributed by atoms with Crippen LogP contribution in [0.5, 0.6) is 0 Å². The molecule has 1 saturated heterocycles. The van der Waals surface area contributed by atoms with Gasteiger partial charge in [-0.25, -0.2) is 0 Å². The smallest absolute Gasteiger partial charge is 0.0466 e. The molecule has 1 rings (SSSR count). The van der Waals surface area contributed by atoms with E-state index >= 15 is 0 Å². The van der Waals surface area contributed by atoms with Crippen molar-refractivity contribution >= 4 is 0 Å². The van der Waals surface area contributed by atoms with Crippen molar-refractivity contribution in [2.75, 3.05) is 13.2 Å². The lowest BCUT2D eigenvalue weighted by atomic mass is 10.4. The zero-order valence-corrected chi connectivity index (χ0v) is 6.73. The number of ether oxygens (including phenoxy) is 1. The van der Waals surface area contributed by atoms with Crippen molar-refractivity contribution in [3.63, 3.8) is 0 Å². The number of hydrogen-bond donors (Lipinski definition) is 0. The quantitative estimate of drug-likeness (QED) is 0.508. The third-order valence-electron chi connectivity index (χ3n) is 1.18. The Labute approximate surface area is 63.4 Å². The van der Waals surface area contributed by atoms with Gasteiger partial charge in [-0.1, -0.05) is 24.8 Å². The van der Waals surface area contributed by atoms with Crippen LogP contribution in [0.3, 0.4) is 0 Å². The van der Waals surface area contributed by atoms with Crippen LogP contribution in [0, 0.1) is 0 Å². The Balaban J connectivity index is 0.000000162. The van der Waals surface area contributed by atoms with Crippen LogP contribution in [0.4, 0.5) is 0 Å². The van der Waals surface area contributed by atoms with E-state index in [9.17, 15) is 0 Å². The van der Waals surface area contributed by atoms with Gasteiger partial charge in [0.1, 0.15) is 0 Å². The molecule has 0 saturated carbocycles. The van der Waals surface area contributed by atoms with Crippen molar-refractivity contribution in [3.8, 4) is 0 Å². The largest absolute Gasteiger partial charge is 0.381 e. The van der Waals surface area contributed by atoms with Gasteiger partial charge in [0.25, 0.3) is 0 Å². The minimum atomic E-state index is 1.00. The fourth-order valence-electron chi connectivity index (χ4n) is 0.510. The Morgan fingerprint density at radius 3 is 1.90 bits per heavy atom. The maximum atomic E-state index is 4.94. The van der Waals surface area contributed by atoms with E-state index in [0.717, 1.165) is 18.8 Å². The summed E-state index contributed by atoms with van der Waals surface area (Å²) >= 11 is 0. The van der Waals surface area contributed by atoms with Gasteiger partial charge in [-0.15, -0.1) is 0 Å². The molecule has 0 spiro atoms. The summed E-state index contributed by atoms with van der Waals surface area (Å²) in [6.45, 7) is 10.9. The summed E-state index contributed by atoms with van der Waals surface area (Å²) < 4.78 is 4.94. The first-order valence-electron chi connectivity index (χ1n) is 3.63. The van der Waals surface area contributed by atoms with E-state index in [2.05, 4.69) is 13.2 Å². The first kappa shape index (κ1) is 9.44. The van der Waals surface area contributed by atoms with Crippen molar-refractivity contribution in [1.82, 2.24) is 0 Å². The van der Waals surface area contributed by atoms with Crippen LogP contribution in [0.15, 0.2) is 24.8 Å². The summed E-state index contributed by atoms with van der Waals surface area (Å²) in [7, 11) is 0. The van der Waals surface area contributed by atoms with Gasteiger partial charge in [-0.2, -0.15) is 0 Å². The summed E-state index contributed by atoms with van der Waals surface area (Å²) in [5.41, 5.74) is 1.02. The second-order valence-corrected chi connectivity index (χ2v) is 2.37. The molecule has 0 aromatic carbocycles. The first-order chi connectivity index (χ1) is 4.77. The molecule has 58 valence electrons. The van der Waals surface area contributed by atoms with Crippen LogP contribution < -0.4 is 0 Å². The van der Waals surface area contributed by atoms with Crippen LogP contribution in [-0.4, -0.2) is 13.2 Å². The monoisotopic (exact) mass is 140 g/mol. The molecule has 10 heavy (non-hydrogen) atoms. The van der Waals surface area contributed by atoms with Crippen LogP contribution in [0.2, 0.25) is 0 Å². The van der Waals surface area contributed by atoms with Gasteiger partial charge in [-0.3, -0.25) is 0 Å². The molecule has 0 radical (unpaired) electrons. The molecule has 0 amide bonds. The molecular formula is C9H16O. The zero-order valence-electron chi connectivity index (χ0n) is 6.73. The van der Waals surface area contributed by atoms with Crippen molar-refractivity contribution in [1.29, 1.82) is 0 Å². The van der Waals surface area contributed by atoms with Crippen LogP contribution in [-0.2, 0) is 4.74 Å². The highest BCUT2D eigenvalue weighted by molar-refractivity contribution is 5.05. The van der Waals surface area contributed by atoms with E-state index in [0.29, 0.717) is 0 Å². The molecule has 0 aromatic rings. The molecule has 0 unspecified atom stereocenters. The molecule has 1 fully saturated rings. The number of hydrogen-bond acceptors (Lipinski definition) is 1. The Morgan fingerprint density at radius 2 is 1.80 bits per heavy atom. The second-order valence-electron chi connectivity index (χ2n) is 2.37. The number of allylic oxidation sites excluding steroid dienone is 2. The fraction of sp³-hybridized carbons (Fsp3) is 0.556. The Morgan fingerprint density at radius 1 is 1.40 bits per heavy atom. The average molecular weight is 140 g/mol. The van der Waals surface area contributed by atoms with Crippen molar-refractivity contribution in [3.05, 3.63) is 24.8 Å². The van der Waals surface area contributed by atoms with Crippen molar-refractivity contribution in [2.45, 2.75) is 19.8 Å². The predicted molar refractivity (Wildman–Crippen MR) is 45.1 cm³/mol. The molecule has 0 aromatic heterocycles. The van der Waals surface area contributed by atoms with E-state index in [1.165, 1.54) is 12.8 Å². The first-order valence-corrected chi connectivity index (χ1v) is 3.63. The minimum Gasteiger partial charge on any atom is -0.381 e. The van der Waals surface area contributed by atoms with E-state index in [4.69, 9.17) is 4.74 Å². The van der Waals surface area contributed by atoms with E-state index < -0.39 is 0 Å². The molecule has 1 aliphatic rings. The molecular weight excluding hydrogens is 124 g/mol. The Hall–Kier alpha value is -0.560. The Kier molecular flexibility index (Phi) is 6.19. The lowest BCUT2D eigenvalue weighted by Gasteiger charge is -1.76. The highest BCUT2D eigenvalue weighted by Gasteiger charge is 1.94. The van der Waals surface area contributed by atoms with E-state index in [1.54, 1.807) is 6.08 Å². The molecule has 0 atom stereocenters. The standard InChI is InChI=1S/C5H8.C4H8O/c1-4-5(2)3;1-2-4-5-3-1/h4H,1-2H2,3H3;1-4H2. The van der Waals surface area contributed by atoms with Gasteiger partial charge in [0.05, 0.1) is 0 Å². The third kappa shape index (κ3) is 7.44. The molecule has 1 nitrogen and oxygen atoms in total. The van der Waals surface area contributed by atoms with Crippen molar-refractivity contribution < 1.29 is 4.74 Å². The van der Waals surface area contributed by atoms with Crippen LogP contribution in [0.25, 0.3) is 0 Å². The molecule has 1 heteroatoms. The summed E-state index contributed by atoms with van der Waals surface area (Å²) in [5.74, 6) is 0. The third-order valence-corrected chi connectivity index (χ3v) is 1.18. The molecule has 0 aliphatic carbocycles. The number of rotatable bonds is 1. The SMILES string of the molecule is C1CCOC1.C=CC(=C)C. The molecule has 0 N–H and O–H groups in total. The fourth-order valence-corrected chi connectivity index (χ4v) is 0.510. The normalized spacial score (nSPS) is 15.3. The van der Waals surface area contributed by atoms with E-state index in [-0.39, 0.29) is 0 Å². The molecule has 1 heterocycles. The predicted octanol–water partition coefficient (Wildman–Crippen LogP) is 2.55. The maximum absolute atomic E-state index is 4.94. The highest BCUT2D eigenvalue weighted by atomic mass is 16.5. The lowest BCUT2D eigenvalue weighted by Crippen LogP contribution is -1.74. The zero-order chi connectivity index (χ0) is 7.82. The average Bonchev–Trinajstić information content (AvgIpc) is 2.43. The van der Waals surface area contributed by atoms with Gasteiger partial charge in [0.2, 0.25) is 0 Å². The van der Waals surface area contributed by atoms with Crippen LogP contribution >= 0.6 is 0 Å². The van der Waals surface area contributed by atoms with Gasteiger partial charge >= 0.3 is 0 Å². The van der Waals surface area contributed by atoms with Gasteiger partial charge in [0.15, 0.2) is 0 Å². The summed E-state index contributed by atoms with van der Waals surface area (Å²) in [6.07, 6.45) is 4.28. The van der Waals surface area contributed by atoms with E-state index in [1.807, 2.05) is 6.92 Å². The second kappa shape index (κ2) is 6.56. The topological polar surface area (TPSA) is 9.23 Å².